The fraction of sp³-hybridized carbons (Fsp3) is 0.250. The van der Waals surface area contributed by atoms with Crippen molar-refractivity contribution in [3.63, 3.8) is 0 Å². The molecule has 0 amide bonds. The molecule has 178 valence electrons. The molecule has 0 radical (unpaired) electrons. The lowest BCUT2D eigenvalue weighted by Crippen LogP contribution is -2.43. The van der Waals surface area contributed by atoms with Crippen LogP contribution in [0.2, 0.25) is 5.15 Å². The minimum Gasteiger partial charge on any atom is -0.368 e. The second-order valence-electron chi connectivity index (χ2n) is 7.67. The number of nitrogens with one attached hydrogen (secondary N) is 2. The highest BCUT2D eigenvalue weighted by Crippen LogP contribution is 2.24. The van der Waals surface area contributed by atoms with Gasteiger partial charge in [0, 0.05) is 44.5 Å². The number of ketones is 1. The smallest absolute Gasteiger partial charge is 0.223 e. The summed E-state index contributed by atoms with van der Waals surface area (Å²) in [5, 5.41) is 6.47. The zero-order valence-corrected chi connectivity index (χ0v) is 20.1. The van der Waals surface area contributed by atoms with Crippen molar-refractivity contribution in [2.45, 2.75) is 6.54 Å². The number of halogens is 2. The average molecular weight is 500 g/mol. The van der Waals surface area contributed by atoms with E-state index in [0.29, 0.717) is 18.9 Å². The van der Waals surface area contributed by atoms with Crippen LogP contribution in [0.15, 0.2) is 60.8 Å². The molecule has 1 aliphatic rings. The van der Waals surface area contributed by atoms with Crippen molar-refractivity contribution in [3.8, 4) is 11.1 Å². The van der Waals surface area contributed by atoms with E-state index in [-0.39, 0.29) is 34.9 Å². The predicted octanol–water partition coefficient (Wildman–Crippen LogP) is 3.45. The number of anilines is 2. The first kappa shape index (κ1) is 25.6. The van der Waals surface area contributed by atoms with Gasteiger partial charge in [-0.25, -0.2) is 4.98 Å². The first-order valence-corrected chi connectivity index (χ1v) is 11.2. The number of rotatable bonds is 8. The predicted molar refractivity (Wildman–Crippen MR) is 138 cm³/mol. The molecule has 3 heterocycles. The van der Waals surface area contributed by atoms with Crippen LogP contribution in [0.4, 0.5) is 11.8 Å². The molecule has 0 bridgehead atoms. The number of piperazine rings is 1. The van der Waals surface area contributed by atoms with Gasteiger partial charge >= 0.3 is 0 Å². The maximum absolute atomic E-state index is 12.9. The largest absolute Gasteiger partial charge is 0.368 e. The number of benzene rings is 1. The zero-order valence-electron chi connectivity index (χ0n) is 18.6. The van der Waals surface area contributed by atoms with Gasteiger partial charge in [0.05, 0.1) is 12.2 Å². The molecule has 8 nitrogen and oxygen atoms in total. The Morgan fingerprint density at radius 2 is 1.88 bits per heavy atom. The average Bonchev–Trinajstić information content (AvgIpc) is 2.84. The maximum atomic E-state index is 12.9. The number of carbonyl (C=O) groups excluding carboxylic acids is 1. The second kappa shape index (κ2) is 12.4. The quantitative estimate of drug-likeness (QED) is 0.245. The molecule has 1 fully saturated rings. The normalized spacial score (nSPS) is 14.0. The number of allylic oxidation sites excluding steroid dienone is 1. The van der Waals surface area contributed by atoms with Crippen LogP contribution in [0.3, 0.4) is 0 Å². The molecule has 10 heteroatoms. The molecule has 4 N–H and O–H groups in total. The van der Waals surface area contributed by atoms with Gasteiger partial charge in [-0.15, -0.1) is 12.4 Å². The summed E-state index contributed by atoms with van der Waals surface area (Å²) in [6.07, 6.45) is 5.17. The highest BCUT2D eigenvalue weighted by atomic mass is 35.5. The van der Waals surface area contributed by atoms with Crippen molar-refractivity contribution in [2.24, 2.45) is 0 Å². The third-order valence-corrected chi connectivity index (χ3v) is 5.61. The van der Waals surface area contributed by atoms with E-state index >= 15 is 0 Å². The summed E-state index contributed by atoms with van der Waals surface area (Å²) in [7, 11) is 0. The van der Waals surface area contributed by atoms with Crippen LogP contribution >= 0.6 is 24.0 Å². The molecule has 0 unspecified atom stereocenters. The molecule has 1 aliphatic heterocycles. The van der Waals surface area contributed by atoms with Gasteiger partial charge in [-0.05, 0) is 17.7 Å². The van der Waals surface area contributed by atoms with E-state index in [4.69, 9.17) is 17.3 Å². The Morgan fingerprint density at radius 1 is 1.12 bits per heavy atom. The van der Waals surface area contributed by atoms with Crippen LogP contribution in [0.5, 0.6) is 0 Å². The SMILES string of the molecule is Cl.Nc1nc(Cl)c(C(=O)/C=C/CN2CCNCC2)c(NCc2ccc(-c3ccccc3)cn2)n1. The molecule has 34 heavy (non-hydrogen) atoms. The first-order chi connectivity index (χ1) is 16.1. The van der Waals surface area contributed by atoms with Crippen LogP contribution < -0.4 is 16.4 Å². The lowest BCUT2D eigenvalue weighted by atomic mass is 10.1. The molecule has 0 saturated carbocycles. The molecule has 4 rings (SSSR count). The second-order valence-corrected chi connectivity index (χ2v) is 8.03. The number of nitrogen functional groups attached to an aromatic ring is 1. The molecule has 0 spiro atoms. The number of aromatic nitrogens is 3. The molecule has 0 aliphatic carbocycles. The van der Waals surface area contributed by atoms with Crippen LogP contribution in [0.25, 0.3) is 11.1 Å². The Morgan fingerprint density at radius 3 is 2.59 bits per heavy atom. The summed E-state index contributed by atoms with van der Waals surface area (Å²) >= 11 is 6.27. The molecule has 1 saturated heterocycles. The Bertz CT molecular complexity index is 1120. The van der Waals surface area contributed by atoms with Crippen molar-refractivity contribution in [1.82, 2.24) is 25.2 Å². The highest BCUT2D eigenvalue weighted by Gasteiger charge is 2.18. The van der Waals surface area contributed by atoms with Gasteiger partial charge in [-0.2, -0.15) is 4.98 Å². The van der Waals surface area contributed by atoms with Crippen molar-refractivity contribution >= 4 is 41.6 Å². The van der Waals surface area contributed by atoms with Crippen molar-refractivity contribution < 1.29 is 4.79 Å². The number of carbonyl (C=O) groups is 1. The first-order valence-electron chi connectivity index (χ1n) is 10.8. The summed E-state index contributed by atoms with van der Waals surface area (Å²) in [6.45, 7) is 4.86. The number of nitrogens with zero attached hydrogens (tertiary/aromatic N) is 4. The third-order valence-electron chi connectivity index (χ3n) is 5.34. The van der Waals surface area contributed by atoms with E-state index in [1.54, 1.807) is 0 Å². The number of nitrogens with two attached hydrogens (primary N) is 1. The fourth-order valence-electron chi connectivity index (χ4n) is 3.59. The van der Waals surface area contributed by atoms with Gasteiger partial charge in [0.1, 0.15) is 16.5 Å². The summed E-state index contributed by atoms with van der Waals surface area (Å²) in [6, 6.07) is 14.0. The Hall–Kier alpha value is -3.04. The van der Waals surface area contributed by atoms with E-state index in [0.717, 1.165) is 43.0 Å². The van der Waals surface area contributed by atoms with Gasteiger partial charge < -0.3 is 16.4 Å². The van der Waals surface area contributed by atoms with E-state index in [1.165, 1.54) is 6.08 Å². The number of hydrogen-bond acceptors (Lipinski definition) is 8. The summed E-state index contributed by atoms with van der Waals surface area (Å²) in [5.41, 5.74) is 8.88. The topological polar surface area (TPSA) is 109 Å². The Balaban J connectivity index is 0.00000324. The van der Waals surface area contributed by atoms with E-state index in [1.807, 2.05) is 54.7 Å². The molecule has 1 aromatic carbocycles. The van der Waals surface area contributed by atoms with E-state index in [2.05, 4.69) is 30.5 Å². The van der Waals surface area contributed by atoms with Gasteiger partial charge in [0.2, 0.25) is 5.95 Å². The molecular weight excluding hydrogens is 473 g/mol. The zero-order chi connectivity index (χ0) is 23.0. The van der Waals surface area contributed by atoms with Crippen LogP contribution in [-0.2, 0) is 6.54 Å². The molecule has 0 atom stereocenters. The lowest BCUT2D eigenvalue weighted by molar-refractivity contribution is 0.104. The van der Waals surface area contributed by atoms with E-state index in [9.17, 15) is 4.79 Å². The standard InChI is InChI=1S/C24H26ClN7O.ClH/c25-22-21(20(33)7-4-12-32-13-10-27-11-14-32)23(31-24(26)30-22)29-16-19-9-8-18(15-28-19)17-5-2-1-3-6-17;/h1-9,15,27H,10-14,16H2,(H3,26,29,30,31);1H/b7-4+;. The summed E-state index contributed by atoms with van der Waals surface area (Å²) in [5.74, 6) is 0.0134. The summed E-state index contributed by atoms with van der Waals surface area (Å²) in [4.78, 5) is 27.8. The van der Waals surface area contributed by atoms with Gasteiger partial charge in [0.25, 0.3) is 0 Å². The van der Waals surface area contributed by atoms with Crippen LogP contribution in [-0.4, -0.2) is 58.4 Å². The minimum absolute atomic E-state index is 0. The van der Waals surface area contributed by atoms with Gasteiger partial charge in [-0.1, -0.05) is 54.1 Å². The summed E-state index contributed by atoms with van der Waals surface area (Å²) < 4.78 is 0. The van der Waals surface area contributed by atoms with Gasteiger partial charge in [-0.3, -0.25) is 14.7 Å². The Kier molecular flexibility index (Phi) is 9.35. The van der Waals surface area contributed by atoms with E-state index < -0.39 is 0 Å². The number of pyridine rings is 1. The molecule has 2 aromatic heterocycles. The maximum Gasteiger partial charge on any atom is 0.223 e. The van der Waals surface area contributed by atoms with Crippen LogP contribution in [0.1, 0.15) is 16.1 Å². The highest BCUT2D eigenvalue weighted by molar-refractivity contribution is 6.34. The van der Waals surface area contributed by atoms with Crippen molar-refractivity contribution in [2.75, 3.05) is 43.8 Å². The van der Waals surface area contributed by atoms with Gasteiger partial charge in [0.15, 0.2) is 5.78 Å². The molecule has 3 aromatic rings. The minimum atomic E-state index is -0.273. The van der Waals surface area contributed by atoms with Crippen LogP contribution in [0, 0.1) is 0 Å². The monoisotopic (exact) mass is 499 g/mol. The van der Waals surface area contributed by atoms with Crippen molar-refractivity contribution in [3.05, 3.63) is 77.2 Å². The Labute approximate surface area is 210 Å². The third kappa shape index (κ3) is 6.74. The lowest BCUT2D eigenvalue weighted by Gasteiger charge is -2.25. The number of hydrogen-bond donors (Lipinski definition) is 3. The molecular formula is C24H27Cl2N7O. The fourth-order valence-corrected chi connectivity index (χ4v) is 3.86. The van der Waals surface area contributed by atoms with Crippen molar-refractivity contribution in [1.29, 1.82) is 0 Å².